The average molecular weight is 146 g/mol. The molecule has 0 aromatic heterocycles. The molecule has 0 spiro atoms. The molecule has 0 aromatic carbocycles. The Morgan fingerprint density at radius 3 is 2.30 bits per heavy atom. The van der Waals surface area contributed by atoms with Gasteiger partial charge in [-0.05, 0) is 6.42 Å². The lowest BCUT2D eigenvalue weighted by atomic mass is 9.86. The Balaban J connectivity index is 3.82. The van der Waals surface area contributed by atoms with Crippen LogP contribution in [0.25, 0.3) is 0 Å². The van der Waals surface area contributed by atoms with Crippen molar-refractivity contribution in [3.63, 3.8) is 0 Å². The molecule has 10 heavy (non-hydrogen) atoms. The minimum atomic E-state index is -0.257. The van der Waals surface area contributed by atoms with Gasteiger partial charge in [0.05, 0.1) is 12.7 Å². The molecule has 0 amide bonds. The van der Waals surface area contributed by atoms with Crippen molar-refractivity contribution in [1.82, 2.24) is 0 Å². The standard InChI is InChI=1S/C8H18O2/c1-5-7(9)8(2,3)6-10-4/h7,9H,5-6H2,1-4H3. The second-order valence-electron chi connectivity index (χ2n) is 3.35. The fraction of sp³-hybridized carbons (Fsp3) is 1.00. The summed E-state index contributed by atoms with van der Waals surface area (Å²) in [7, 11) is 1.66. The van der Waals surface area contributed by atoms with Crippen molar-refractivity contribution in [3.8, 4) is 0 Å². The molecule has 0 aliphatic carbocycles. The summed E-state index contributed by atoms with van der Waals surface area (Å²) in [5, 5.41) is 9.44. The first-order chi connectivity index (χ1) is 4.54. The van der Waals surface area contributed by atoms with E-state index in [4.69, 9.17) is 4.74 Å². The molecule has 0 aliphatic rings. The second-order valence-corrected chi connectivity index (χ2v) is 3.35. The quantitative estimate of drug-likeness (QED) is 0.650. The summed E-state index contributed by atoms with van der Waals surface area (Å²) in [6.45, 7) is 6.60. The summed E-state index contributed by atoms with van der Waals surface area (Å²) >= 11 is 0. The van der Waals surface area contributed by atoms with Crippen LogP contribution in [0.3, 0.4) is 0 Å². The van der Waals surface area contributed by atoms with Crippen LogP contribution < -0.4 is 0 Å². The highest BCUT2D eigenvalue weighted by molar-refractivity contribution is 4.75. The summed E-state index contributed by atoms with van der Waals surface area (Å²) in [4.78, 5) is 0. The number of aliphatic hydroxyl groups is 1. The molecule has 2 heteroatoms. The van der Waals surface area contributed by atoms with Gasteiger partial charge in [0.1, 0.15) is 0 Å². The van der Waals surface area contributed by atoms with E-state index in [2.05, 4.69) is 0 Å². The maximum absolute atomic E-state index is 9.44. The fourth-order valence-electron chi connectivity index (χ4n) is 1.02. The first kappa shape index (κ1) is 9.92. The average Bonchev–Trinajstić information content (AvgIpc) is 1.86. The molecule has 1 atom stereocenters. The molecule has 1 N–H and O–H groups in total. The summed E-state index contributed by atoms with van der Waals surface area (Å²) in [6.07, 6.45) is 0.531. The van der Waals surface area contributed by atoms with E-state index in [0.717, 1.165) is 6.42 Å². The predicted octanol–water partition coefficient (Wildman–Crippen LogP) is 1.43. The van der Waals surface area contributed by atoms with Crippen LogP contribution in [0, 0.1) is 5.41 Å². The highest BCUT2D eigenvalue weighted by atomic mass is 16.5. The maximum atomic E-state index is 9.44. The van der Waals surface area contributed by atoms with Crippen molar-refractivity contribution >= 4 is 0 Å². The van der Waals surface area contributed by atoms with Crippen LogP contribution in [0.5, 0.6) is 0 Å². The summed E-state index contributed by atoms with van der Waals surface area (Å²) < 4.78 is 4.97. The highest BCUT2D eigenvalue weighted by Crippen LogP contribution is 2.22. The zero-order valence-electron chi connectivity index (χ0n) is 7.35. The summed E-state index contributed by atoms with van der Waals surface area (Å²) in [6, 6.07) is 0. The van der Waals surface area contributed by atoms with Gasteiger partial charge in [0, 0.05) is 12.5 Å². The third kappa shape index (κ3) is 2.67. The van der Waals surface area contributed by atoms with Gasteiger partial charge in [0.15, 0.2) is 0 Å². The second kappa shape index (κ2) is 3.94. The van der Waals surface area contributed by atoms with Gasteiger partial charge in [0.2, 0.25) is 0 Å². The monoisotopic (exact) mass is 146 g/mol. The Morgan fingerprint density at radius 2 is 2.00 bits per heavy atom. The van der Waals surface area contributed by atoms with E-state index in [1.165, 1.54) is 0 Å². The number of hydrogen-bond donors (Lipinski definition) is 1. The van der Waals surface area contributed by atoms with Crippen LogP contribution in [-0.2, 0) is 4.74 Å². The number of aliphatic hydroxyl groups excluding tert-OH is 1. The van der Waals surface area contributed by atoms with Crippen LogP contribution in [-0.4, -0.2) is 24.9 Å². The lowest BCUT2D eigenvalue weighted by Crippen LogP contribution is -2.32. The molecular formula is C8H18O2. The van der Waals surface area contributed by atoms with Crippen LogP contribution >= 0.6 is 0 Å². The highest BCUT2D eigenvalue weighted by Gasteiger charge is 2.25. The smallest absolute Gasteiger partial charge is 0.0610 e. The predicted molar refractivity (Wildman–Crippen MR) is 42.0 cm³/mol. The Kier molecular flexibility index (Phi) is 3.91. The van der Waals surface area contributed by atoms with Gasteiger partial charge in [-0.2, -0.15) is 0 Å². The van der Waals surface area contributed by atoms with Gasteiger partial charge in [0.25, 0.3) is 0 Å². The zero-order valence-corrected chi connectivity index (χ0v) is 7.35. The molecule has 0 heterocycles. The normalized spacial score (nSPS) is 15.3. The first-order valence-corrected chi connectivity index (χ1v) is 3.71. The third-order valence-corrected chi connectivity index (χ3v) is 1.81. The number of methoxy groups -OCH3 is 1. The molecule has 0 saturated carbocycles. The minimum absolute atomic E-state index is 0.108. The molecule has 0 aromatic rings. The summed E-state index contributed by atoms with van der Waals surface area (Å²) in [5.74, 6) is 0. The molecule has 0 radical (unpaired) electrons. The van der Waals surface area contributed by atoms with E-state index < -0.39 is 0 Å². The topological polar surface area (TPSA) is 29.5 Å². The molecule has 0 saturated heterocycles. The van der Waals surface area contributed by atoms with Crippen molar-refractivity contribution in [2.45, 2.75) is 33.3 Å². The SMILES string of the molecule is CCC(O)C(C)(C)COC. The minimum Gasteiger partial charge on any atom is -0.392 e. The fourth-order valence-corrected chi connectivity index (χ4v) is 1.02. The van der Waals surface area contributed by atoms with Gasteiger partial charge in [-0.1, -0.05) is 20.8 Å². The van der Waals surface area contributed by atoms with Crippen LogP contribution in [0.2, 0.25) is 0 Å². The van der Waals surface area contributed by atoms with Gasteiger partial charge in [-0.3, -0.25) is 0 Å². The van der Waals surface area contributed by atoms with Crippen molar-refractivity contribution in [1.29, 1.82) is 0 Å². The molecule has 1 unspecified atom stereocenters. The van der Waals surface area contributed by atoms with E-state index in [0.29, 0.717) is 6.61 Å². The van der Waals surface area contributed by atoms with E-state index in [1.807, 2.05) is 20.8 Å². The number of rotatable bonds is 4. The summed E-state index contributed by atoms with van der Waals surface area (Å²) in [5.41, 5.74) is -0.108. The van der Waals surface area contributed by atoms with E-state index >= 15 is 0 Å². The lowest BCUT2D eigenvalue weighted by Gasteiger charge is -2.28. The molecule has 0 bridgehead atoms. The Morgan fingerprint density at radius 1 is 1.50 bits per heavy atom. The van der Waals surface area contributed by atoms with Crippen molar-refractivity contribution in [2.75, 3.05) is 13.7 Å². The van der Waals surface area contributed by atoms with Crippen LogP contribution in [0.15, 0.2) is 0 Å². The first-order valence-electron chi connectivity index (χ1n) is 3.71. The van der Waals surface area contributed by atoms with Crippen LogP contribution in [0.1, 0.15) is 27.2 Å². The van der Waals surface area contributed by atoms with Gasteiger partial charge in [-0.15, -0.1) is 0 Å². The zero-order chi connectivity index (χ0) is 8.20. The maximum Gasteiger partial charge on any atom is 0.0610 e. The van der Waals surface area contributed by atoms with Crippen molar-refractivity contribution in [2.24, 2.45) is 5.41 Å². The Bertz CT molecular complexity index is 89.3. The molecule has 0 rings (SSSR count). The van der Waals surface area contributed by atoms with E-state index in [9.17, 15) is 5.11 Å². The van der Waals surface area contributed by atoms with Crippen molar-refractivity contribution in [3.05, 3.63) is 0 Å². The van der Waals surface area contributed by atoms with Gasteiger partial charge < -0.3 is 9.84 Å². The van der Waals surface area contributed by atoms with E-state index in [1.54, 1.807) is 7.11 Å². The molecule has 0 aliphatic heterocycles. The molecule has 2 nitrogen and oxygen atoms in total. The molecule has 0 fully saturated rings. The van der Waals surface area contributed by atoms with Gasteiger partial charge in [-0.25, -0.2) is 0 Å². The number of hydrogen-bond acceptors (Lipinski definition) is 2. The molecule has 62 valence electrons. The third-order valence-electron chi connectivity index (χ3n) is 1.81. The van der Waals surface area contributed by atoms with E-state index in [-0.39, 0.29) is 11.5 Å². The van der Waals surface area contributed by atoms with Crippen LogP contribution in [0.4, 0.5) is 0 Å². The molecular weight excluding hydrogens is 128 g/mol. The number of ether oxygens (including phenoxy) is 1. The Hall–Kier alpha value is -0.0800. The van der Waals surface area contributed by atoms with Gasteiger partial charge >= 0.3 is 0 Å². The van der Waals surface area contributed by atoms with Crippen molar-refractivity contribution < 1.29 is 9.84 Å². The largest absolute Gasteiger partial charge is 0.392 e. The Labute approximate surface area is 63.2 Å². The lowest BCUT2D eigenvalue weighted by molar-refractivity contribution is -0.00965.